The van der Waals surface area contributed by atoms with Crippen molar-refractivity contribution in [3.63, 3.8) is 0 Å². The summed E-state index contributed by atoms with van der Waals surface area (Å²) in [6, 6.07) is 21.8. The van der Waals surface area contributed by atoms with Gasteiger partial charge in [-0.3, -0.25) is 5.41 Å². The molecule has 3 aromatic rings. The second-order valence-electron chi connectivity index (χ2n) is 6.06. The second-order valence-corrected chi connectivity index (χ2v) is 6.94. The molecule has 2 aromatic carbocycles. The van der Waals surface area contributed by atoms with E-state index >= 15 is 0 Å². The normalized spacial score (nSPS) is 11.3. The Morgan fingerprint density at radius 2 is 1.75 bits per heavy atom. The number of anilines is 2. The molecule has 0 aliphatic rings. The summed E-state index contributed by atoms with van der Waals surface area (Å²) in [5, 5.41) is 14.3. The first-order valence-electron chi connectivity index (χ1n) is 8.96. The molecule has 7 heteroatoms. The van der Waals surface area contributed by atoms with Crippen molar-refractivity contribution in [1.29, 1.82) is 5.41 Å². The maximum Gasteiger partial charge on any atom is 0.221 e. The zero-order valence-corrected chi connectivity index (χ0v) is 16.5. The van der Waals surface area contributed by atoms with Gasteiger partial charge in [-0.1, -0.05) is 18.2 Å². The van der Waals surface area contributed by atoms with Crippen molar-refractivity contribution in [2.24, 2.45) is 10.7 Å². The Bertz CT molecular complexity index is 977. The Hall–Kier alpha value is -3.03. The number of pyridine rings is 1. The van der Waals surface area contributed by atoms with Crippen LogP contribution >= 0.6 is 11.8 Å². The highest BCUT2D eigenvalue weighted by Gasteiger charge is 2.00. The lowest BCUT2D eigenvalue weighted by atomic mass is 10.1. The minimum Gasteiger partial charge on any atom is -0.384 e. The number of nitrogens with two attached hydrogens (primary N) is 1. The van der Waals surface area contributed by atoms with E-state index in [2.05, 4.69) is 51.1 Å². The van der Waals surface area contributed by atoms with Crippen LogP contribution in [0, 0.1) is 5.41 Å². The number of nitrogens with one attached hydrogen (secondary N) is 4. The summed E-state index contributed by atoms with van der Waals surface area (Å²) >= 11 is 1.72. The lowest BCUT2D eigenvalue weighted by Gasteiger charge is -2.07. The Morgan fingerprint density at radius 1 is 1.04 bits per heavy atom. The van der Waals surface area contributed by atoms with E-state index in [-0.39, 0.29) is 5.96 Å². The summed E-state index contributed by atoms with van der Waals surface area (Å²) in [5.74, 6) is 0.0637. The predicted molar refractivity (Wildman–Crippen MR) is 119 cm³/mol. The van der Waals surface area contributed by atoms with Gasteiger partial charge in [-0.2, -0.15) is 4.99 Å². The summed E-state index contributed by atoms with van der Waals surface area (Å²) in [6.07, 6.45) is 2.06. The standard InChI is InChI=1S/C21H24N6S/c1-28-18-11-5-15(6-12-18)19-3-2-4-20(26-19)27-21(23)25-17-9-7-16(8-10-17)24-14-13-22/h2-12,24H,13-14,22H2,1H3,(H3,23,25,26,27). The van der Waals surface area contributed by atoms with Gasteiger partial charge in [-0.05, 0) is 60.4 Å². The quantitative estimate of drug-likeness (QED) is 0.251. The Kier molecular flexibility index (Phi) is 6.89. The fourth-order valence-corrected chi connectivity index (χ4v) is 3.04. The number of hydrogen-bond acceptors (Lipinski definition) is 4. The number of H-pyrrole nitrogens is 1. The molecule has 0 aliphatic heterocycles. The van der Waals surface area contributed by atoms with Gasteiger partial charge in [0.25, 0.3) is 0 Å². The van der Waals surface area contributed by atoms with Crippen LogP contribution in [0.2, 0.25) is 0 Å². The Morgan fingerprint density at radius 3 is 2.43 bits per heavy atom. The van der Waals surface area contributed by atoms with Gasteiger partial charge < -0.3 is 21.4 Å². The van der Waals surface area contributed by atoms with E-state index in [9.17, 15) is 0 Å². The fraction of sp³-hybridized carbons (Fsp3) is 0.143. The van der Waals surface area contributed by atoms with E-state index in [1.165, 1.54) is 4.90 Å². The van der Waals surface area contributed by atoms with Gasteiger partial charge in [0.15, 0.2) is 0 Å². The molecule has 0 aliphatic carbocycles. The van der Waals surface area contributed by atoms with Crippen LogP contribution in [-0.2, 0) is 0 Å². The number of aromatic amines is 1. The molecule has 144 valence electrons. The van der Waals surface area contributed by atoms with Gasteiger partial charge >= 0.3 is 0 Å². The molecule has 3 rings (SSSR count). The Labute approximate surface area is 168 Å². The molecular weight excluding hydrogens is 368 g/mol. The molecule has 0 saturated heterocycles. The van der Waals surface area contributed by atoms with Gasteiger partial charge in [-0.15, -0.1) is 11.8 Å². The number of thioether (sulfide) groups is 1. The third-order valence-corrected chi connectivity index (χ3v) is 4.78. The van der Waals surface area contributed by atoms with Crippen LogP contribution in [-0.4, -0.2) is 30.3 Å². The summed E-state index contributed by atoms with van der Waals surface area (Å²) in [4.78, 5) is 8.82. The molecule has 0 saturated carbocycles. The second kappa shape index (κ2) is 9.77. The predicted octanol–water partition coefficient (Wildman–Crippen LogP) is 3.72. The van der Waals surface area contributed by atoms with Gasteiger partial charge in [0, 0.05) is 35.1 Å². The van der Waals surface area contributed by atoms with Crippen LogP contribution in [0.25, 0.3) is 11.3 Å². The molecule has 0 spiro atoms. The van der Waals surface area contributed by atoms with Gasteiger partial charge in [-0.25, -0.2) is 0 Å². The largest absolute Gasteiger partial charge is 0.384 e. The molecule has 0 atom stereocenters. The van der Waals surface area contributed by atoms with E-state index in [4.69, 9.17) is 11.1 Å². The van der Waals surface area contributed by atoms with Gasteiger partial charge in [0.05, 0.1) is 0 Å². The molecule has 0 bridgehead atoms. The van der Waals surface area contributed by atoms with Crippen molar-refractivity contribution >= 4 is 29.1 Å². The summed E-state index contributed by atoms with van der Waals surface area (Å²) in [6.45, 7) is 1.31. The zero-order valence-electron chi connectivity index (χ0n) is 15.7. The maximum absolute atomic E-state index is 8.12. The molecule has 0 fully saturated rings. The number of guanidine groups is 1. The smallest absolute Gasteiger partial charge is 0.221 e. The van der Waals surface area contributed by atoms with Crippen molar-refractivity contribution in [3.8, 4) is 11.3 Å². The van der Waals surface area contributed by atoms with Crippen molar-refractivity contribution in [2.75, 3.05) is 30.0 Å². The average molecular weight is 393 g/mol. The van der Waals surface area contributed by atoms with Gasteiger partial charge in [0.2, 0.25) is 5.96 Å². The monoisotopic (exact) mass is 392 g/mol. The van der Waals surface area contributed by atoms with E-state index in [1.54, 1.807) is 11.8 Å². The molecule has 6 nitrogen and oxygen atoms in total. The van der Waals surface area contributed by atoms with E-state index in [0.717, 1.165) is 29.2 Å². The molecule has 28 heavy (non-hydrogen) atoms. The minimum atomic E-state index is 0.0637. The number of rotatable bonds is 6. The highest BCUT2D eigenvalue weighted by molar-refractivity contribution is 7.98. The highest BCUT2D eigenvalue weighted by Crippen LogP contribution is 2.20. The van der Waals surface area contributed by atoms with E-state index in [1.807, 2.05) is 42.5 Å². The number of aromatic nitrogens is 1. The summed E-state index contributed by atoms with van der Waals surface area (Å²) in [5.41, 5.74) is 9.93. The van der Waals surface area contributed by atoms with Crippen LogP contribution in [0.15, 0.2) is 76.6 Å². The van der Waals surface area contributed by atoms with Crippen LogP contribution in [0.4, 0.5) is 11.4 Å². The first kappa shape index (κ1) is 19.7. The lowest BCUT2D eigenvalue weighted by molar-refractivity contribution is 1.02. The molecule has 1 heterocycles. The maximum atomic E-state index is 8.12. The van der Waals surface area contributed by atoms with E-state index in [0.29, 0.717) is 12.0 Å². The van der Waals surface area contributed by atoms with Crippen molar-refractivity contribution in [1.82, 2.24) is 4.98 Å². The first-order chi connectivity index (χ1) is 13.7. The number of nitrogens with zero attached hydrogens (tertiary/aromatic N) is 1. The molecule has 1 aromatic heterocycles. The van der Waals surface area contributed by atoms with Crippen molar-refractivity contribution in [2.45, 2.75) is 4.90 Å². The van der Waals surface area contributed by atoms with Gasteiger partial charge in [0.1, 0.15) is 5.49 Å². The van der Waals surface area contributed by atoms with Crippen LogP contribution in [0.1, 0.15) is 0 Å². The molecule has 6 N–H and O–H groups in total. The topological polar surface area (TPSA) is 102 Å². The van der Waals surface area contributed by atoms with Crippen molar-refractivity contribution < 1.29 is 0 Å². The van der Waals surface area contributed by atoms with Crippen LogP contribution < -0.4 is 21.9 Å². The molecule has 0 radical (unpaired) electrons. The SMILES string of the molecule is CSc1ccc(-c2ccc/c(=N/C(=N)Nc3ccc(NCCN)cc3)[nH]2)cc1. The Balaban J connectivity index is 1.71. The zero-order chi connectivity index (χ0) is 19.8. The van der Waals surface area contributed by atoms with Crippen LogP contribution in [0.3, 0.4) is 0 Å². The lowest BCUT2D eigenvalue weighted by Crippen LogP contribution is -2.16. The number of hydrogen-bond donors (Lipinski definition) is 5. The third-order valence-electron chi connectivity index (χ3n) is 4.03. The molecule has 0 unspecified atom stereocenters. The third kappa shape index (κ3) is 5.48. The van der Waals surface area contributed by atoms with Crippen LogP contribution in [0.5, 0.6) is 0 Å². The minimum absolute atomic E-state index is 0.0637. The van der Waals surface area contributed by atoms with E-state index < -0.39 is 0 Å². The fourth-order valence-electron chi connectivity index (χ4n) is 2.63. The first-order valence-corrected chi connectivity index (χ1v) is 10.2. The summed E-state index contributed by atoms with van der Waals surface area (Å²) in [7, 11) is 0. The average Bonchev–Trinajstić information content (AvgIpc) is 2.73. The summed E-state index contributed by atoms with van der Waals surface area (Å²) < 4.78 is 0. The van der Waals surface area contributed by atoms with Crippen molar-refractivity contribution in [3.05, 3.63) is 72.2 Å². The number of benzene rings is 2. The highest BCUT2D eigenvalue weighted by atomic mass is 32.2. The molecular formula is C21H24N6S. The molecule has 0 amide bonds.